The van der Waals surface area contributed by atoms with Gasteiger partial charge in [0.2, 0.25) is 10.0 Å². The number of hydrogen-bond acceptors (Lipinski definition) is 4. The molecule has 0 amide bonds. The van der Waals surface area contributed by atoms with E-state index < -0.39 is 10.0 Å². The number of hydrogen-bond donors (Lipinski definition) is 1. The lowest BCUT2D eigenvalue weighted by Gasteiger charge is -2.32. The summed E-state index contributed by atoms with van der Waals surface area (Å²) < 4.78 is 31.6. The van der Waals surface area contributed by atoms with Crippen molar-refractivity contribution in [1.82, 2.24) is 9.62 Å². The Hall–Kier alpha value is -1.11. The van der Waals surface area contributed by atoms with E-state index in [0.29, 0.717) is 25.4 Å². The van der Waals surface area contributed by atoms with Crippen LogP contribution in [-0.2, 0) is 10.0 Å². The summed E-state index contributed by atoms with van der Waals surface area (Å²) in [4.78, 5) is 0.288. The SMILES string of the molecule is COc1cccc(S(=O)(=O)N2CCNCC2C)c1. The molecule has 18 heavy (non-hydrogen) atoms. The largest absolute Gasteiger partial charge is 0.497 e. The van der Waals surface area contributed by atoms with Crippen LogP contribution in [0.3, 0.4) is 0 Å². The van der Waals surface area contributed by atoms with E-state index >= 15 is 0 Å². The van der Waals surface area contributed by atoms with Crippen molar-refractivity contribution in [2.75, 3.05) is 26.7 Å². The third kappa shape index (κ3) is 2.50. The number of nitrogens with zero attached hydrogens (tertiary/aromatic N) is 1. The lowest BCUT2D eigenvalue weighted by atomic mass is 10.3. The zero-order valence-electron chi connectivity index (χ0n) is 10.6. The molecule has 100 valence electrons. The van der Waals surface area contributed by atoms with Crippen molar-refractivity contribution < 1.29 is 13.2 Å². The molecule has 1 aliphatic heterocycles. The zero-order valence-corrected chi connectivity index (χ0v) is 11.4. The third-order valence-corrected chi connectivity index (χ3v) is 5.10. The molecule has 0 saturated carbocycles. The summed E-state index contributed by atoms with van der Waals surface area (Å²) in [5.74, 6) is 0.555. The number of rotatable bonds is 3. The van der Waals surface area contributed by atoms with Crippen LogP contribution < -0.4 is 10.1 Å². The van der Waals surface area contributed by atoms with Crippen LogP contribution in [-0.4, -0.2) is 45.5 Å². The fourth-order valence-corrected chi connectivity index (χ4v) is 3.74. The van der Waals surface area contributed by atoms with Gasteiger partial charge in [-0.05, 0) is 19.1 Å². The molecule has 0 spiro atoms. The molecule has 5 nitrogen and oxygen atoms in total. The summed E-state index contributed by atoms with van der Waals surface area (Å²) in [6.45, 7) is 3.78. The first kappa shape index (κ1) is 13.3. The van der Waals surface area contributed by atoms with Crippen LogP contribution in [0.1, 0.15) is 6.92 Å². The van der Waals surface area contributed by atoms with Crippen molar-refractivity contribution in [3.63, 3.8) is 0 Å². The molecule has 0 aromatic heterocycles. The molecule has 1 aromatic rings. The summed E-state index contributed by atoms with van der Waals surface area (Å²) in [5, 5.41) is 3.18. The molecule has 1 heterocycles. The Bertz CT molecular complexity index is 516. The van der Waals surface area contributed by atoms with Gasteiger partial charge in [0.15, 0.2) is 0 Å². The van der Waals surface area contributed by atoms with Gasteiger partial charge in [-0.2, -0.15) is 4.31 Å². The number of nitrogens with one attached hydrogen (secondary N) is 1. The first-order valence-corrected chi connectivity index (χ1v) is 7.36. The number of benzene rings is 1. The van der Waals surface area contributed by atoms with Gasteiger partial charge in [0, 0.05) is 31.7 Å². The van der Waals surface area contributed by atoms with E-state index in [1.165, 1.54) is 11.4 Å². The smallest absolute Gasteiger partial charge is 0.243 e. The number of methoxy groups -OCH3 is 1. The minimum atomic E-state index is -3.43. The number of sulfonamides is 1. The van der Waals surface area contributed by atoms with Crippen molar-refractivity contribution >= 4 is 10.0 Å². The molecule has 1 unspecified atom stereocenters. The Kier molecular flexibility index (Phi) is 3.89. The molecule has 0 bridgehead atoms. The predicted octanol–water partition coefficient (Wildman–Crippen LogP) is 0.678. The molecule has 1 N–H and O–H groups in total. The quantitative estimate of drug-likeness (QED) is 0.877. The van der Waals surface area contributed by atoms with E-state index in [0.717, 1.165) is 0 Å². The second-order valence-electron chi connectivity index (χ2n) is 4.35. The fourth-order valence-electron chi connectivity index (χ4n) is 2.08. The lowest BCUT2D eigenvalue weighted by molar-refractivity contribution is 0.283. The van der Waals surface area contributed by atoms with Crippen LogP contribution in [0.5, 0.6) is 5.75 Å². The minimum absolute atomic E-state index is 0.0325. The minimum Gasteiger partial charge on any atom is -0.497 e. The van der Waals surface area contributed by atoms with Gasteiger partial charge in [-0.3, -0.25) is 0 Å². The van der Waals surface area contributed by atoms with Crippen LogP contribution in [0.15, 0.2) is 29.2 Å². The van der Waals surface area contributed by atoms with Crippen molar-refractivity contribution in [2.24, 2.45) is 0 Å². The molecule has 0 aliphatic carbocycles. The maximum atomic E-state index is 12.5. The topological polar surface area (TPSA) is 58.6 Å². The first-order valence-electron chi connectivity index (χ1n) is 5.92. The van der Waals surface area contributed by atoms with E-state index in [9.17, 15) is 8.42 Å². The van der Waals surface area contributed by atoms with E-state index in [1.807, 2.05) is 6.92 Å². The second kappa shape index (κ2) is 5.26. The van der Waals surface area contributed by atoms with Gasteiger partial charge >= 0.3 is 0 Å². The van der Waals surface area contributed by atoms with Gasteiger partial charge in [-0.25, -0.2) is 8.42 Å². The molecule has 0 radical (unpaired) electrons. The number of piperazine rings is 1. The Labute approximate surface area is 108 Å². The standard InChI is InChI=1S/C12H18N2O3S/c1-10-9-13-6-7-14(10)18(15,16)12-5-3-4-11(8-12)17-2/h3-5,8,10,13H,6-7,9H2,1-2H3. The van der Waals surface area contributed by atoms with Gasteiger partial charge in [-0.15, -0.1) is 0 Å². The highest BCUT2D eigenvalue weighted by atomic mass is 32.2. The summed E-state index contributed by atoms with van der Waals surface area (Å²) >= 11 is 0. The normalized spacial score (nSPS) is 21.8. The van der Waals surface area contributed by atoms with E-state index in [2.05, 4.69) is 5.32 Å². The molecule has 2 rings (SSSR count). The molecule has 1 fully saturated rings. The molecule has 1 saturated heterocycles. The summed E-state index contributed by atoms with van der Waals surface area (Å²) in [6, 6.07) is 6.56. The van der Waals surface area contributed by atoms with Gasteiger partial charge < -0.3 is 10.1 Å². The molecule has 6 heteroatoms. The van der Waals surface area contributed by atoms with Crippen LogP contribution >= 0.6 is 0 Å². The summed E-state index contributed by atoms with van der Waals surface area (Å²) in [5.41, 5.74) is 0. The highest BCUT2D eigenvalue weighted by Crippen LogP contribution is 2.22. The van der Waals surface area contributed by atoms with Crippen molar-refractivity contribution in [2.45, 2.75) is 17.9 Å². The maximum absolute atomic E-state index is 12.5. The predicted molar refractivity (Wildman–Crippen MR) is 69.2 cm³/mol. The van der Waals surface area contributed by atoms with Gasteiger partial charge in [0.05, 0.1) is 12.0 Å². The Balaban J connectivity index is 2.34. The average molecular weight is 270 g/mol. The van der Waals surface area contributed by atoms with E-state index in [-0.39, 0.29) is 10.9 Å². The number of ether oxygens (including phenoxy) is 1. The molecule has 1 atom stereocenters. The molecule has 1 aliphatic rings. The monoisotopic (exact) mass is 270 g/mol. The van der Waals surface area contributed by atoms with Crippen molar-refractivity contribution in [1.29, 1.82) is 0 Å². The van der Waals surface area contributed by atoms with Crippen LogP contribution in [0.25, 0.3) is 0 Å². The molecular formula is C12H18N2O3S. The van der Waals surface area contributed by atoms with Gasteiger partial charge in [-0.1, -0.05) is 6.07 Å². The highest BCUT2D eigenvalue weighted by molar-refractivity contribution is 7.89. The first-order chi connectivity index (χ1) is 8.55. The third-order valence-electron chi connectivity index (χ3n) is 3.09. The van der Waals surface area contributed by atoms with Crippen molar-refractivity contribution in [3.8, 4) is 5.75 Å². The van der Waals surface area contributed by atoms with Crippen molar-refractivity contribution in [3.05, 3.63) is 24.3 Å². The Morgan fingerprint density at radius 1 is 1.44 bits per heavy atom. The zero-order chi connectivity index (χ0) is 13.2. The van der Waals surface area contributed by atoms with E-state index in [1.54, 1.807) is 24.3 Å². The van der Waals surface area contributed by atoms with Gasteiger partial charge in [0.1, 0.15) is 5.75 Å². The van der Waals surface area contributed by atoms with Crippen LogP contribution in [0, 0.1) is 0 Å². The fraction of sp³-hybridized carbons (Fsp3) is 0.500. The maximum Gasteiger partial charge on any atom is 0.243 e. The Morgan fingerprint density at radius 2 is 2.22 bits per heavy atom. The lowest BCUT2D eigenvalue weighted by Crippen LogP contribution is -2.52. The Morgan fingerprint density at radius 3 is 2.89 bits per heavy atom. The molecular weight excluding hydrogens is 252 g/mol. The van der Waals surface area contributed by atoms with Crippen LogP contribution in [0.2, 0.25) is 0 Å². The average Bonchev–Trinajstić information content (AvgIpc) is 2.39. The summed E-state index contributed by atoms with van der Waals surface area (Å²) in [6.07, 6.45) is 0. The van der Waals surface area contributed by atoms with Crippen LogP contribution in [0.4, 0.5) is 0 Å². The molecule has 1 aromatic carbocycles. The van der Waals surface area contributed by atoms with E-state index in [4.69, 9.17) is 4.74 Å². The summed E-state index contributed by atoms with van der Waals surface area (Å²) in [7, 11) is -1.90. The second-order valence-corrected chi connectivity index (χ2v) is 6.24. The van der Waals surface area contributed by atoms with Gasteiger partial charge in [0.25, 0.3) is 0 Å². The highest BCUT2D eigenvalue weighted by Gasteiger charge is 2.30.